The molecular formula is C27H28N6O2. The Balaban J connectivity index is 1.43. The summed E-state index contributed by atoms with van der Waals surface area (Å²) in [4.78, 5) is 23.4. The second kappa shape index (κ2) is 10.6. The van der Waals surface area contributed by atoms with Crippen molar-refractivity contribution in [3.63, 3.8) is 0 Å². The summed E-state index contributed by atoms with van der Waals surface area (Å²) in [6.45, 7) is 6.25. The molecule has 8 nitrogen and oxygen atoms in total. The van der Waals surface area contributed by atoms with Crippen molar-refractivity contribution < 1.29 is 9.53 Å². The molecule has 0 aliphatic heterocycles. The fourth-order valence-electron chi connectivity index (χ4n) is 3.43. The highest BCUT2D eigenvalue weighted by Crippen LogP contribution is 2.28. The number of pyridine rings is 2. The van der Waals surface area contributed by atoms with Crippen LogP contribution in [0.15, 0.2) is 91.8 Å². The van der Waals surface area contributed by atoms with E-state index in [4.69, 9.17) is 4.74 Å². The van der Waals surface area contributed by atoms with Crippen LogP contribution in [-0.4, -0.2) is 39.3 Å². The van der Waals surface area contributed by atoms with Crippen molar-refractivity contribution in [2.24, 2.45) is 0 Å². The first-order valence-electron chi connectivity index (χ1n) is 11.1. The van der Waals surface area contributed by atoms with Gasteiger partial charge in [-0.05, 0) is 42.8 Å². The number of fused-ring (bicyclic) bond motifs is 1. The van der Waals surface area contributed by atoms with Gasteiger partial charge in [-0.1, -0.05) is 18.7 Å². The third-order valence-electron chi connectivity index (χ3n) is 5.25. The Morgan fingerprint density at radius 3 is 2.86 bits per heavy atom. The standard InChI is InChI=1S/C27H28N6O2/c1-19(11-14-32(3)4)31-25-16-22(10-12-28-25)35-24-7-5-6-23(20(24)2)27(34)30-17-21-8-9-26-29-13-15-33(26)18-21/h5-16,18H,1,17H2,2-4H3,(H,28,31)(H,30,34)/b14-11-. The van der Waals surface area contributed by atoms with Crippen molar-refractivity contribution in [2.45, 2.75) is 13.5 Å². The summed E-state index contributed by atoms with van der Waals surface area (Å²) in [5.74, 6) is 1.64. The van der Waals surface area contributed by atoms with Gasteiger partial charge in [-0.3, -0.25) is 4.79 Å². The van der Waals surface area contributed by atoms with E-state index in [1.807, 2.05) is 79.3 Å². The number of benzene rings is 1. The minimum atomic E-state index is -0.167. The van der Waals surface area contributed by atoms with Gasteiger partial charge in [-0.2, -0.15) is 0 Å². The van der Waals surface area contributed by atoms with E-state index in [-0.39, 0.29) is 5.91 Å². The fraction of sp³-hybridized carbons (Fsp3) is 0.148. The van der Waals surface area contributed by atoms with Crippen LogP contribution in [0.5, 0.6) is 11.5 Å². The van der Waals surface area contributed by atoms with Crippen molar-refractivity contribution >= 4 is 17.4 Å². The first-order chi connectivity index (χ1) is 16.9. The number of allylic oxidation sites excluding steroid dienone is 1. The molecule has 3 aromatic heterocycles. The number of nitrogens with one attached hydrogen (secondary N) is 2. The van der Waals surface area contributed by atoms with Crippen LogP contribution in [0.1, 0.15) is 21.5 Å². The molecule has 2 N–H and O–H groups in total. The Kier molecular flexibility index (Phi) is 7.11. The van der Waals surface area contributed by atoms with Gasteiger partial charge in [0, 0.05) is 74.5 Å². The molecule has 0 radical (unpaired) electrons. The van der Waals surface area contributed by atoms with E-state index < -0.39 is 0 Å². The number of ether oxygens (including phenoxy) is 1. The summed E-state index contributed by atoms with van der Waals surface area (Å²) in [6.07, 6.45) is 11.0. The number of aromatic nitrogens is 3. The van der Waals surface area contributed by atoms with Crippen LogP contribution in [0.2, 0.25) is 0 Å². The van der Waals surface area contributed by atoms with E-state index in [1.165, 1.54) is 0 Å². The SMILES string of the molecule is C=C(/C=C\N(C)C)Nc1cc(Oc2cccc(C(=O)NCc3ccc4nccn4c3)c2C)ccn1. The molecular weight excluding hydrogens is 440 g/mol. The van der Waals surface area contributed by atoms with Crippen LogP contribution < -0.4 is 15.4 Å². The maximum Gasteiger partial charge on any atom is 0.251 e. The van der Waals surface area contributed by atoms with Crippen molar-refractivity contribution in [1.82, 2.24) is 24.6 Å². The number of amides is 1. The van der Waals surface area contributed by atoms with Gasteiger partial charge in [0.15, 0.2) is 0 Å². The van der Waals surface area contributed by atoms with Gasteiger partial charge >= 0.3 is 0 Å². The van der Waals surface area contributed by atoms with Gasteiger partial charge in [-0.15, -0.1) is 0 Å². The highest BCUT2D eigenvalue weighted by atomic mass is 16.5. The quantitative estimate of drug-likeness (QED) is 0.345. The molecule has 4 rings (SSSR count). The number of carbonyl (C=O) groups excluding carboxylic acids is 1. The van der Waals surface area contributed by atoms with E-state index in [1.54, 1.807) is 30.6 Å². The molecule has 0 saturated carbocycles. The molecule has 178 valence electrons. The third kappa shape index (κ3) is 6.05. The van der Waals surface area contributed by atoms with Crippen LogP contribution in [0.4, 0.5) is 5.82 Å². The molecule has 0 aliphatic carbocycles. The lowest BCUT2D eigenvalue weighted by atomic mass is 10.1. The molecule has 0 atom stereocenters. The van der Waals surface area contributed by atoms with Gasteiger partial charge in [0.1, 0.15) is 23.0 Å². The summed E-state index contributed by atoms with van der Waals surface area (Å²) < 4.78 is 8.02. The summed E-state index contributed by atoms with van der Waals surface area (Å²) in [6, 6.07) is 12.9. The molecule has 4 aromatic rings. The minimum Gasteiger partial charge on any atom is -0.457 e. The summed E-state index contributed by atoms with van der Waals surface area (Å²) in [7, 11) is 3.88. The smallest absolute Gasteiger partial charge is 0.251 e. The van der Waals surface area contributed by atoms with Crippen molar-refractivity contribution in [2.75, 3.05) is 19.4 Å². The molecule has 1 amide bonds. The first kappa shape index (κ1) is 23.6. The highest BCUT2D eigenvalue weighted by molar-refractivity contribution is 5.96. The molecule has 8 heteroatoms. The van der Waals surface area contributed by atoms with Gasteiger partial charge in [0.05, 0.1) is 0 Å². The zero-order valence-corrected chi connectivity index (χ0v) is 20.0. The van der Waals surface area contributed by atoms with Crippen LogP contribution >= 0.6 is 0 Å². The summed E-state index contributed by atoms with van der Waals surface area (Å²) in [5.41, 5.74) is 3.85. The molecule has 3 heterocycles. The molecule has 0 aliphatic rings. The average Bonchev–Trinajstić information content (AvgIpc) is 3.31. The van der Waals surface area contributed by atoms with E-state index in [0.29, 0.717) is 35.1 Å². The molecule has 0 saturated heterocycles. The number of hydrogen-bond acceptors (Lipinski definition) is 6. The van der Waals surface area contributed by atoms with Crippen LogP contribution in [0.25, 0.3) is 5.65 Å². The fourth-order valence-corrected chi connectivity index (χ4v) is 3.43. The normalized spacial score (nSPS) is 10.9. The lowest BCUT2D eigenvalue weighted by molar-refractivity contribution is 0.0950. The van der Waals surface area contributed by atoms with E-state index in [0.717, 1.165) is 16.8 Å². The lowest BCUT2D eigenvalue weighted by Crippen LogP contribution is -2.23. The first-order valence-corrected chi connectivity index (χ1v) is 11.1. The van der Waals surface area contributed by atoms with Crippen LogP contribution in [0, 0.1) is 6.92 Å². The Hall–Kier alpha value is -4.59. The molecule has 0 fully saturated rings. The number of anilines is 1. The maximum atomic E-state index is 12.9. The minimum absolute atomic E-state index is 0.167. The van der Waals surface area contributed by atoms with E-state index in [2.05, 4.69) is 27.2 Å². The monoisotopic (exact) mass is 468 g/mol. The zero-order valence-electron chi connectivity index (χ0n) is 20.0. The number of nitrogens with zero attached hydrogens (tertiary/aromatic N) is 4. The average molecular weight is 469 g/mol. The Bertz CT molecular complexity index is 1390. The zero-order chi connectivity index (χ0) is 24.8. The van der Waals surface area contributed by atoms with E-state index in [9.17, 15) is 4.79 Å². The van der Waals surface area contributed by atoms with E-state index >= 15 is 0 Å². The van der Waals surface area contributed by atoms with Gasteiger partial charge in [-0.25, -0.2) is 9.97 Å². The molecule has 0 spiro atoms. The Morgan fingerprint density at radius 1 is 1.17 bits per heavy atom. The summed E-state index contributed by atoms with van der Waals surface area (Å²) in [5, 5.41) is 6.13. The van der Waals surface area contributed by atoms with Gasteiger partial charge < -0.3 is 24.7 Å². The van der Waals surface area contributed by atoms with Crippen molar-refractivity contribution in [3.05, 3.63) is 108 Å². The van der Waals surface area contributed by atoms with Crippen LogP contribution in [0.3, 0.4) is 0 Å². The van der Waals surface area contributed by atoms with Crippen molar-refractivity contribution in [1.29, 1.82) is 0 Å². The topological polar surface area (TPSA) is 83.8 Å². The number of imidazole rings is 1. The summed E-state index contributed by atoms with van der Waals surface area (Å²) >= 11 is 0. The highest BCUT2D eigenvalue weighted by Gasteiger charge is 2.13. The van der Waals surface area contributed by atoms with Gasteiger partial charge in [0.25, 0.3) is 5.91 Å². The number of rotatable bonds is 9. The molecule has 0 unspecified atom stereocenters. The predicted octanol–water partition coefficient (Wildman–Crippen LogP) is 4.76. The van der Waals surface area contributed by atoms with Crippen molar-refractivity contribution in [3.8, 4) is 11.5 Å². The van der Waals surface area contributed by atoms with Gasteiger partial charge in [0.2, 0.25) is 0 Å². The third-order valence-corrected chi connectivity index (χ3v) is 5.25. The molecule has 1 aromatic carbocycles. The number of hydrogen-bond donors (Lipinski definition) is 2. The second-order valence-corrected chi connectivity index (χ2v) is 8.25. The Morgan fingerprint density at radius 2 is 2.03 bits per heavy atom. The van der Waals surface area contributed by atoms with Crippen LogP contribution in [-0.2, 0) is 6.54 Å². The maximum absolute atomic E-state index is 12.9. The largest absolute Gasteiger partial charge is 0.457 e. The predicted molar refractivity (Wildman–Crippen MR) is 137 cm³/mol. The second-order valence-electron chi connectivity index (χ2n) is 8.25. The lowest BCUT2D eigenvalue weighted by Gasteiger charge is -2.14. The number of carbonyl (C=O) groups is 1. The Labute approximate surface area is 204 Å². The molecule has 0 bridgehead atoms. The molecule has 35 heavy (non-hydrogen) atoms.